The molecule has 0 rings (SSSR count). The van der Waals surface area contributed by atoms with Gasteiger partial charge in [0.25, 0.3) is 0 Å². The largest absolute Gasteiger partial charge is 0.462 e. The fraction of sp³-hybridized carbons (Fsp3) is 0.427. The molecule has 0 aliphatic carbocycles. The van der Waals surface area contributed by atoms with Crippen LogP contribution in [-0.2, 0) is 28.6 Å². The molecule has 0 N–H and O–H groups in total. The molecule has 0 saturated heterocycles. The maximum atomic E-state index is 12.8. The van der Waals surface area contributed by atoms with Gasteiger partial charge in [-0.25, -0.2) is 0 Å². The average molecular weight is 1100 g/mol. The summed E-state index contributed by atoms with van der Waals surface area (Å²) in [6, 6.07) is 0. The van der Waals surface area contributed by atoms with Gasteiger partial charge in [-0.2, -0.15) is 0 Å². The van der Waals surface area contributed by atoms with E-state index >= 15 is 0 Å². The van der Waals surface area contributed by atoms with Gasteiger partial charge in [0, 0.05) is 6.42 Å². The number of allylic oxidation sites excluding steroid dienone is 38. The van der Waals surface area contributed by atoms with Crippen molar-refractivity contribution >= 4 is 17.9 Å². The predicted molar refractivity (Wildman–Crippen MR) is 352 cm³/mol. The second kappa shape index (κ2) is 65.7. The molecule has 0 fully saturated rings. The van der Waals surface area contributed by atoms with E-state index in [0.717, 1.165) is 128 Å². The number of hydrogen-bond acceptors (Lipinski definition) is 6. The van der Waals surface area contributed by atoms with Crippen LogP contribution in [0.15, 0.2) is 243 Å². The van der Waals surface area contributed by atoms with E-state index in [2.05, 4.69) is 240 Å². The molecule has 6 heteroatoms. The quantitative estimate of drug-likeness (QED) is 0.0261. The summed E-state index contributed by atoms with van der Waals surface area (Å²) in [4.78, 5) is 38.1. The van der Waals surface area contributed by atoms with E-state index < -0.39 is 18.0 Å². The zero-order chi connectivity index (χ0) is 58.5. The molecule has 0 aromatic rings. The molecule has 0 aromatic carbocycles. The van der Waals surface area contributed by atoms with Gasteiger partial charge >= 0.3 is 17.9 Å². The van der Waals surface area contributed by atoms with Gasteiger partial charge in [0.15, 0.2) is 6.10 Å². The van der Waals surface area contributed by atoms with Gasteiger partial charge in [-0.1, -0.05) is 264 Å². The number of hydrogen-bond donors (Lipinski definition) is 0. The number of unbranched alkanes of at least 4 members (excludes halogenated alkanes) is 2. The molecule has 1 unspecified atom stereocenters. The van der Waals surface area contributed by atoms with Gasteiger partial charge in [0.1, 0.15) is 13.2 Å². The summed E-state index contributed by atoms with van der Waals surface area (Å²) in [7, 11) is 0. The maximum Gasteiger partial charge on any atom is 0.310 e. The van der Waals surface area contributed by atoms with Crippen molar-refractivity contribution in [1.29, 1.82) is 0 Å². The first-order valence-electron chi connectivity index (χ1n) is 30.5. The van der Waals surface area contributed by atoms with E-state index in [0.29, 0.717) is 19.3 Å². The van der Waals surface area contributed by atoms with Crippen LogP contribution in [0.3, 0.4) is 0 Å². The third kappa shape index (κ3) is 63.9. The van der Waals surface area contributed by atoms with Crippen molar-refractivity contribution in [2.45, 2.75) is 194 Å². The van der Waals surface area contributed by atoms with Crippen LogP contribution in [0.2, 0.25) is 0 Å². The Labute approximate surface area is 494 Å². The SMILES string of the molecule is CC/C=C\C/C=C\C/C=C\C/C=C\C/C=C\C/C=C\C/C=C\C/C=C\C/C=C\C/C=C\CCCCC(=O)OCC(COC(=O)C/C=C\C/C=C\C/C=C\C/C=C\C/C=C\CC)OC(=O)C/C=C\C/C=C\C/C=C\C/C=C\C/C=C\CC. The Morgan fingerprint density at radius 2 is 0.481 bits per heavy atom. The first-order valence-corrected chi connectivity index (χ1v) is 30.5. The Kier molecular flexibility index (Phi) is 60.2. The Bertz CT molecular complexity index is 2140. The monoisotopic (exact) mass is 1100 g/mol. The van der Waals surface area contributed by atoms with Crippen LogP contribution in [0.5, 0.6) is 0 Å². The molecule has 0 spiro atoms. The van der Waals surface area contributed by atoms with Crippen molar-refractivity contribution < 1.29 is 28.6 Å². The average Bonchev–Trinajstić information content (AvgIpc) is 3.47. The van der Waals surface area contributed by atoms with E-state index in [1.807, 2.05) is 12.2 Å². The molecular weight excluding hydrogens is 997 g/mol. The van der Waals surface area contributed by atoms with Gasteiger partial charge in [0.05, 0.1) is 12.8 Å². The van der Waals surface area contributed by atoms with Crippen molar-refractivity contribution in [2.24, 2.45) is 0 Å². The van der Waals surface area contributed by atoms with Crippen LogP contribution < -0.4 is 0 Å². The normalized spacial score (nSPS) is 13.9. The maximum absolute atomic E-state index is 12.8. The minimum atomic E-state index is -0.908. The summed E-state index contributed by atoms with van der Waals surface area (Å²) in [5, 5.41) is 0. The summed E-state index contributed by atoms with van der Waals surface area (Å²) >= 11 is 0. The van der Waals surface area contributed by atoms with Crippen molar-refractivity contribution in [3.8, 4) is 0 Å². The molecule has 0 aliphatic heterocycles. The Balaban J connectivity index is 4.58. The molecule has 0 amide bonds. The van der Waals surface area contributed by atoms with Gasteiger partial charge in [-0.3, -0.25) is 14.4 Å². The third-order valence-electron chi connectivity index (χ3n) is 11.4. The molecule has 6 nitrogen and oxygen atoms in total. The van der Waals surface area contributed by atoms with Gasteiger partial charge < -0.3 is 14.2 Å². The lowest BCUT2D eigenvalue weighted by molar-refractivity contribution is -0.166. The van der Waals surface area contributed by atoms with Crippen LogP contribution in [0.1, 0.15) is 188 Å². The number of carbonyl (C=O) groups is 3. The standard InChI is InChI=1S/C75H106O6/c1-4-7-10-13-16-19-22-25-28-29-30-31-32-33-34-35-36-37-38-39-40-41-42-43-44-45-48-50-53-56-59-62-65-68-74(77)80-71-72(81-75(78)69-66-63-60-57-54-51-47-27-24-21-18-15-12-9-6-3)70-79-73(76)67-64-61-58-55-52-49-46-26-23-20-17-14-11-8-5-2/h7-12,16-21,25-28,30-31,33-34,36-37,39-40,42-43,45-48,52-57,61,63-64,66,72H,4-6,13-15,22-24,29,32,35,38,41,44,49-51,58-60,62,65,67-71H2,1-3H3/b10-7-,11-8-,12-9-,19-16-,20-17-,21-18-,28-25-,31-30-,34-33-,37-36-,40-39-,43-42-,46-26-,47-27-,48-45-,55-52-,56-53-,57-54-,64-61-,66-63-. The highest BCUT2D eigenvalue weighted by Gasteiger charge is 2.19. The number of carbonyl (C=O) groups excluding carboxylic acids is 3. The lowest BCUT2D eigenvalue weighted by Gasteiger charge is -2.17. The minimum absolute atomic E-state index is 0.0530. The highest BCUT2D eigenvalue weighted by molar-refractivity contribution is 5.72. The Morgan fingerprint density at radius 3 is 0.753 bits per heavy atom. The molecule has 0 heterocycles. The number of esters is 3. The smallest absolute Gasteiger partial charge is 0.310 e. The zero-order valence-electron chi connectivity index (χ0n) is 50.4. The molecule has 0 saturated carbocycles. The Morgan fingerprint density at radius 1 is 0.259 bits per heavy atom. The van der Waals surface area contributed by atoms with E-state index in [1.54, 1.807) is 12.2 Å². The van der Waals surface area contributed by atoms with Crippen molar-refractivity contribution in [2.75, 3.05) is 13.2 Å². The van der Waals surface area contributed by atoms with Crippen LogP contribution >= 0.6 is 0 Å². The fourth-order valence-corrected chi connectivity index (χ4v) is 6.97. The fourth-order valence-electron chi connectivity index (χ4n) is 6.97. The van der Waals surface area contributed by atoms with Crippen LogP contribution in [0.25, 0.3) is 0 Å². The summed E-state index contributed by atoms with van der Waals surface area (Å²) in [6.45, 7) is 6.04. The number of ether oxygens (including phenoxy) is 3. The topological polar surface area (TPSA) is 78.9 Å². The van der Waals surface area contributed by atoms with E-state index in [-0.39, 0.29) is 38.4 Å². The van der Waals surface area contributed by atoms with E-state index in [9.17, 15) is 14.4 Å². The van der Waals surface area contributed by atoms with E-state index in [1.165, 1.54) is 0 Å². The molecule has 0 aromatic heterocycles. The van der Waals surface area contributed by atoms with Gasteiger partial charge in [0.2, 0.25) is 0 Å². The highest BCUT2D eigenvalue weighted by Crippen LogP contribution is 2.08. The summed E-state index contributed by atoms with van der Waals surface area (Å²) in [5.41, 5.74) is 0. The second-order valence-electron chi connectivity index (χ2n) is 18.8. The summed E-state index contributed by atoms with van der Waals surface area (Å²) in [5.74, 6) is -1.31. The third-order valence-corrected chi connectivity index (χ3v) is 11.4. The van der Waals surface area contributed by atoms with Crippen LogP contribution in [-0.4, -0.2) is 37.2 Å². The summed E-state index contributed by atoms with van der Waals surface area (Å²) in [6.07, 6.45) is 106. The predicted octanol–water partition coefficient (Wildman–Crippen LogP) is 21.3. The molecule has 0 bridgehead atoms. The molecule has 0 aliphatic rings. The zero-order valence-corrected chi connectivity index (χ0v) is 50.4. The molecule has 442 valence electrons. The first kappa shape index (κ1) is 74.2. The summed E-state index contributed by atoms with van der Waals surface area (Å²) < 4.78 is 16.6. The first-order chi connectivity index (χ1) is 40.0. The van der Waals surface area contributed by atoms with E-state index in [4.69, 9.17) is 14.2 Å². The lowest BCUT2D eigenvalue weighted by atomic mass is 10.2. The highest BCUT2D eigenvalue weighted by atomic mass is 16.6. The van der Waals surface area contributed by atoms with Crippen molar-refractivity contribution in [3.05, 3.63) is 243 Å². The van der Waals surface area contributed by atoms with Crippen molar-refractivity contribution in [3.63, 3.8) is 0 Å². The molecular formula is C75H106O6. The van der Waals surface area contributed by atoms with Crippen LogP contribution in [0, 0.1) is 0 Å². The molecule has 0 radical (unpaired) electrons. The van der Waals surface area contributed by atoms with Gasteiger partial charge in [-0.15, -0.1) is 0 Å². The molecule has 1 atom stereocenters. The van der Waals surface area contributed by atoms with Crippen molar-refractivity contribution in [1.82, 2.24) is 0 Å². The molecule has 81 heavy (non-hydrogen) atoms. The number of rotatable bonds is 51. The lowest BCUT2D eigenvalue weighted by Crippen LogP contribution is -2.30. The minimum Gasteiger partial charge on any atom is -0.462 e. The Hall–Kier alpha value is -6.79. The van der Waals surface area contributed by atoms with Crippen LogP contribution in [0.4, 0.5) is 0 Å². The van der Waals surface area contributed by atoms with Gasteiger partial charge in [-0.05, 0) is 148 Å². The second-order valence-corrected chi connectivity index (χ2v) is 18.8.